The monoisotopic (exact) mass is 287 g/mol. The molecule has 1 aromatic heterocycles. The zero-order valence-corrected chi connectivity index (χ0v) is 11.0. The smallest absolute Gasteiger partial charge is 0.323 e. The molecule has 1 heterocycles. The van der Waals surface area contributed by atoms with Crippen molar-refractivity contribution >= 4 is 28.6 Å². The van der Waals surface area contributed by atoms with Crippen LogP contribution in [0.25, 0.3) is 10.8 Å². The molecule has 0 unspecified atom stereocenters. The Hall–Kier alpha value is -2.96. The van der Waals surface area contributed by atoms with E-state index in [0.29, 0.717) is 5.39 Å². The van der Waals surface area contributed by atoms with Crippen LogP contribution in [0.3, 0.4) is 0 Å². The third-order valence-electron chi connectivity index (χ3n) is 2.84. The number of hydrogen-bond donors (Lipinski definition) is 2. The van der Waals surface area contributed by atoms with Crippen molar-refractivity contribution in [2.24, 2.45) is 5.73 Å². The van der Waals surface area contributed by atoms with Crippen LogP contribution in [0.15, 0.2) is 36.5 Å². The van der Waals surface area contributed by atoms with E-state index >= 15 is 0 Å². The second-order valence-corrected chi connectivity index (χ2v) is 4.40. The zero-order chi connectivity index (χ0) is 15.4. The highest BCUT2D eigenvalue weighted by molar-refractivity contribution is 6.06. The third-order valence-corrected chi connectivity index (χ3v) is 2.84. The number of carbonyl (C=O) groups excluding carboxylic acids is 2. The summed E-state index contributed by atoms with van der Waals surface area (Å²) in [7, 11) is 0. The first kappa shape index (κ1) is 14.4. The molecule has 2 amide bonds. The molecule has 2 rings (SSSR count). The van der Waals surface area contributed by atoms with Crippen LogP contribution in [0.5, 0.6) is 0 Å². The summed E-state index contributed by atoms with van der Waals surface area (Å²) in [6.07, 6.45) is 1.46. The molecular formula is C14H13N3O4. The summed E-state index contributed by atoms with van der Waals surface area (Å²) in [6, 6.07) is 8.81. The van der Waals surface area contributed by atoms with Gasteiger partial charge in [0.05, 0.1) is 0 Å². The number of aromatic nitrogens is 1. The van der Waals surface area contributed by atoms with E-state index in [2.05, 4.69) is 4.98 Å². The van der Waals surface area contributed by atoms with Gasteiger partial charge in [-0.15, -0.1) is 0 Å². The van der Waals surface area contributed by atoms with Crippen molar-refractivity contribution < 1.29 is 19.5 Å². The fraction of sp³-hybridized carbons (Fsp3) is 0.143. The minimum absolute atomic E-state index is 0.0931. The molecule has 0 aliphatic rings. The van der Waals surface area contributed by atoms with Crippen LogP contribution >= 0.6 is 0 Å². The average molecular weight is 287 g/mol. The highest BCUT2D eigenvalue weighted by Crippen LogP contribution is 2.17. The van der Waals surface area contributed by atoms with Gasteiger partial charge in [0.25, 0.3) is 5.91 Å². The Morgan fingerprint density at radius 2 is 1.86 bits per heavy atom. The van der Waals surface area contributed by atoms with E-state index in [9.17, 15) is 14.4 Å². The minimum atomic E-state index is -1.23. The maximum atomic E-state index is 12.4. The summed E-state index contributed by atoms with van der Waals surface area (Å²) in [5, 5.41) is 10.2. The van der Waals surface area contributed by atoms with Crippen LogP contribution in [0.1, 0.15) is 10.5 Å². The Morgan fingerprint density at radius 1 is 1.14 bits per heavy atom. The number of amides is 2. The number of fused-ring (bicyclic) bond motifs is 1. The zero-order valence-electron chi connectivity index (χ0n) is 11.0. The lowest BCUT2D eigenvalue weighted by atomic mass is 10.1. The number of rotatable bonds is 5. The summed E-state index contributed by atoms with van der Waals surface area (Å²) in [4.78, 5) is 39.1. The number of hydrogen-bond acceptors (Lipinski definition) is 4. The van der Waals surface area contributed by atoms with Crippen LogP contribution in [0, 0.1) is 0 Å². The average Bonchev–Trinajstić information content (AvgIpc) is 2.44. The minimum Gasteiger partial charge on any atom is -0.480 e. The number of carboxylic acid groups (broad SMARTS) is 1. The molecule has 0 fully saturated rings. The first-order valence-corrected chi connectivity index (χ1v) is 6.12. The molecule has 3 N–H and O–H groups in total. The van der Waals surface area contributed by atoms with Crippen molar-refractivity contribution in [3.63, 3.8) is 0 Å². The van der Waals surface area contributed by atoms with E-state index in [1.54, 1.807) is 18.2 Å². The maximum absolute atomic E-state index is 12.4. The molecule has 0 bridgehead atoms. The lowest BCUT2D eigenvalue weighted by molar-refractivity contribution is -0.138. The van der Waals surface area contributed by atoms with Crippen molar-refractivity contribution in [1.29, 1.82) is 0 Å². The van der Waals surface area contributed by atoms with Crippen molar-refractivity contribution in [1.82, 2.24) is 9.88 Å². The van der Waals surface area contributed by atoms with Gasteiger partial charge in [-0.1, -0.05) is 24.3 Å². The number of primary amides is 1. The van der Waals surface area contributed by atoms with Gasteiger partial charge < -0.3 is 15.7 Å². The Bertz CT molecular complexity index is 693. The second kappa shape index (κ2) is 6.00. The van der Waals surface area contributed by atoms with Gasteiger partial charge in [0.1, 0.15) is 18.8 Å². The molecule has 0 atom stereocenters. The number of nitrogens with zero attached hydrogens (tertiary/aromatic N) is 2. The van der Waals surface area contributed by atoms with Crippen LogP contribution in [0.4, 0.5) is 0 Å². The summed E-state index contributed by atoms with van der Waals surface area (Å²) >= 11 is 0. The number of nitrogens with two attached hydrogens (primary N) is 1. The second-order valence-electron chi connectivity index (χ2n) is 4.40. The van der Waals surface area contributed by atoms with Gasteiger partial charge in [-0.25, -0.2) is 0 Å². The molecule has 1 aromatic carbocycles. The predicted octanol–water partition coefficient (Wildman–Crippen LogP) is 0.247. The van der Waals surface area contributed by atoms with Crippen molar-refractivity contribution in [2.75, 3.05) is 13.1 Å². The first-order chi connectivity index (χ1) is 9.99. The Balaban J connectivity index is 2.42. The van der Waals surface area contributed by atoms with E-state index in [0.717, 1.165) is 10.3 Å². The van der Waals surface area contributed by atoms with Crippen LogP contribution < -0.4 is 5.73 Å². The molecule has 21 heavy (non-hydrogen) atoms. The van der Waals surface area contributed by atoms with Gasteiger partial charge in [0.2, 0.25) is 5.91 Å². The largest absolute Gasteiger partial charge is 0.480 e. The van der Waals surface area contributed by atoms with Gasteiger partial charge in [0, 0.05) is 11.6 Å². The van der Waals surface area contributed by atoms with Crippen molar-refractivity contribution in [3.8, 4) is 0 Å². The molecule has 108 valence electrons. The van der Waals surface area contributed by atoms with E-state index in [1.165, 1.54) is 6.20 Å². The standard InChI is InChI=1S/C14H13N3O4/c15-11(18)7-17(8-12(19)20)14(21)13-10-4-2-1-3-9(10)5-6-16-13/h1-6H,7-8H2,(H2,15,18)(H,19,20). The molecule has 0 saturated heterocycles. The fourth-order valence-electron chi connectivity index (χ4n) is 1.99. The third kappa shape index (κ3) is 3.33. The van der Waals surface area contributed by atoms with Gasteiger partial charge in [-0.05, 0) is 11.5 Å². The molecule has 0 saturated carbocycles. The fourth-order valence-corrected chi connectivity index (χ4v) is 1.99. The van der Waals surface area contributed by atoms with Gasteiger partial charge in [-0.2, -0.15) is 0 Å². The van der Waals surface area contributed by atoms with Crippen molar-refractivity contribution in [2.45, 2.75) is 0 Å². The molecule has 2 aromatic rings. The Labute approximate surface area is 120 Å². The van der Waals surface area contributed by atoms with Gasteiger partial charge in [-0.3, -0.25) is 19.4 Å². The normalized spacial score (nSPS) is 10.3. The highest BCUT2D eigenvalue weighted by Gasteiger charge is 2.22. The lowest BCUT2D eigenvalue weighted by Crippen LogP contribution is -2.41. The molecular weight excluding hydrogens is 274 g/mol. The molecule has 0 aliphatic heterocycles. The quantitative estimate of drug-likeness (QED) is 0.818. The molecule has 0 aliphatic carbocycles. The summed E-state index contributed by atoms with van der Waals surface area (Å²) < 4.78 is 0. The van der Waals surface area contributed by atoms with Gasteiger partial charge in [0.15, 0.2) is 0 Å². The van der Waals surface area contributed by atoms with Gasteiger partial charge >= 0.3 is 5.97 Å². The molecule has 0 spiro atoms. The number of carbonyl (C=O) groups is 3. The van der Waals surface area contributed by atoms with Crippen LogP contribution in [-0.2, 0) is 9.59 Å². The summed E-state index contributed by atoms with van der Waals surface area (Å²) in [5.41, 5.74) is 5.14. The number of carboxylic acids is 1. The van der Waals surface area contributed by atoms with E-state index in [1.807, 2.05) is 12.1 Å². The molecule has 0 radical (unpaired) electrons. The number of benzene rings is 1. The SMILES string of the molecule is NC(=O)CN(CC(=O)O)C(=O)c1nccc2ccccc12. The first-order valence-electron chi connectivity index (χ1n) is 6.12. The van der Waals surface area contributed by atoms with E-state index in [-0.39, 0.29) is 5.69 Å². The van der Waals surface area contributed by atoms with Crippen LogP contribution in [0.2, 0.25) is 0 Å². The topological polar surface area (TPSA) is 114 Å². The Kier molecular flexibility index (Phi) is 4.13. The Morgan fingerprint density at radius 3 is 2.52 bits per heavy atom. The van der Waals surface area contributed by atoms with Crippen LogP contribution in [-0.4, -0.2) is 45.9 Å². The predicted molar refractivity (Wildman–Crippen MR) is 74.5 cm³/mol. The lowest BCUT2D eigenvalue weighted by Gasteiger charge is -2.19. The van der Waals surface area contributed by atoms with E-state index in [4.69, 9.17) is 10.8 Å². The highest BCUT2D eigenvalue weighted by atomic mass is 16.4. The number of pyridine rings is 1. The summed E-state index contributed by atoms with van der Waals surface area (Å²) in [5.74, 6) is -2.66. The molecule has 7 nitrogen and oxygen atoms in total. The van der Waals surface area contributed by atoms with E-state index < -0.39 is 30.9 Å². The maximum Gasteiger partial charge on any atom is 0.323 e. The summed E-state index contributed by atoms with van der Waals surface area (Å²) in [6.45, 7) is -1.09. The van der Waals surface area contributed by atoms with Crippen molar-refractivity contribution in [3.05, 3.63) is 42.2 Å². The molecule has 7 heteroatoms. The number of aliphatic carboxylic acids is 1.